The first-order valence-electron chi connectivity index (χ1n) is 14.1. The van der Waals surface area contributed by atoms with Gasteiger partial charge in [-0.2, -0.15) is 0 Å². The zero-order valence-corrected chi connectivity index (χ0v) is 24.7. The molecular formula is C36H30FN3O3S. The number of hydrogen-bond donors (Lipinski definition) is 3. The molecule has 1 atom stereocenters. The normalized spacial score (nSPS) is 11.9. The molecule has 44 heavy (non-hydrogen) atoms. The van der Waals surface area contributed by atoms with E-state index in [1.165, 1.54) is 30.0 Å². The van der Waals surface area contributed by atoms with Crippen molar-refractivity contribution in [3.63, 3.8) is 0 Å². The van der Waals surface area contributed by atoms with Gasteiger partial charge in [-0.15, -0.1) is 11.8 Å². The monoisotopic (exact) mass is 603 g/mol. The van der Waals surface area contributed by atoms with Gasteiger partial charge in [0, 0.05) is 27.4 Å². The fraction of sp³-hybridized carbons (Fsp3) is 0.0833. The van der Waals surface area contributed by atoms with Crippen LogP contribution in [-0.4, -0.2) is 23.0 Å². The van der Waals surface area contributed by atoms with Crippen LogP contribution in [0.1, 0.15) is 29.3 Å². The number of benzene rings is 5. The largest absolute Gasteiger partial charge is 0.325 e. The van der Waals surface area contributed by atoms with E-state index in [1.54, 1.807) is 60.7 Å². The maximum absolute atomic E-state index is 14.5. The van der Waals surface area contributed by atoms with Gasteiger partial charge in [-0.25, -0.2) is 4.39 Å². The van der Waals surface area contributed by atoms with Crippen molar-refractivity contribution in [3.8, 4) is 0 Å². The summed E-state index contributed by atoms with van der Waals surface area (Å²) in [6.07, 6.45) is 1.88. The van der Waals surface area contributed by atoms with E-state index in [4.69, 9.17) is 0 Å². The molecule has 3 amide bonds. The van der Waals surface area contributed by atoms with Gasteiger partial charge in [0.2, 0.25) is 5.91 Å². The Kier molecular flexibility index (Phi) is 9.84. The van der Waals surface area contributed by atoms with E-state index in [2.05, 4.69) is 16.0 Å². The van der Waals surface area contributed by atoms with E-state index in [0.717, 1.165) is 21.4 Å². The minimum absolute atomic E-state index is 0.122. The van der Waals surface area contributed by atoms with Crippen molar-refractivity contribution in [2.45, 2.75) is 23.5 Å². The third kappa shape index (κ3) is 7.79. The maximum atomic E-state index is 14.5. The van der Waals surface area contributed by atoms with Crippen LogP contribution in [0.4, 0.5) is 15.8 Å². The van der Waals surface area contributed by atoms with Crippen LogP contribution < -0.4 is 16.0 Å². The number of anilines is 2. The van der Waals surface area contributed by atoms with E-state index < -0.39 is 17.6 Å². The number of hydrogen-bond acceptors (Lipinski definition) is 4. The second kappa shape index (κ2) is 14.3. The van der Waals surface area contributed by atoms with Crippen LogP contribution in [0.15, 0.2) is 132 Å². The predicted octanol–water partition coefficient (Wildman–Crippen LogP) is 7.90. The Labute approximate surface area is 259 Å². The highest BCUT2D eigenvalue weighted by Gasteiger charge is 2.20. The molecule has 5 aromatic carbocycles. The number of rotatable bonds is 10. The number of thioether (sulfide) groups is 1. The van der Waals surface area contributed by atoms with E-state index in [-0.39, 0.29) is 22.4 Å². The van der Waals surface area contributed by atoms with E-state index in [9.17, 15) is 18.8 Å². The first-order chi connectivity index (χ1) is 21.4. The molecule has 0 saturated carbocycles. The Bertz CT molecular complexity index is 1840. The summed E-state index contributed by atoms with van der Waals surface area (Å²) >= 11 is 1.38. The molecule has 220 valence electrons. The maximum Gasteiger partial charge on any atom is 0.272 e. The summed E-state index contributed by atoms with van der Waals surface area (Å²) in [6.45, 7) is 1.94. The van der Waals surface area contributed by atoms with Gasteiger partial charge in [0.25, 0.3) is 11.8 Å². The van der Waals surface area contributed by atoms with Gasteiger partial charge in [-0.05, 0) is 71.8 Å². The van der Waals surface area contributed by atoms with Gasteiger partial charge in [0.1, 0.15) is 11.5 Å². The summed E-state index contributed by atoms with van der Waals surface area (Å²) in [6, 6.07) is 35.3. The summed E-state index contributed by atoms with van der Waals surface area (Å²) in [4.78, 5) is 40.2. The quantitative estimate of drug-likeness (QED) is 0.112. The lowest BCUT2D eigenvalue weighted by Gasteiger charge is -2.16. The first kappa shape index (κ1) is 30.3. The second-order valence-electron chi connectivity index (χ2n) is 9.95. The van der Waals surface area contributed by atoms with Gasteiger partial charge >= 0.3 is 0 Å². The zero-order chi connectivity index (χ0) is 30.9. The number of carbonyl (C=O) groups excluding carboxylic acids is 3. The van der Waals surface area contributed by atoms with Gasteiger partial charge in [-0.3, -0.25) is 14.4 Å². The number of fused-ring (bicyclic) bond motifs is 1. The molecule has 1 unspecified atom stereocenters. The van der Waals surface area contributed by atoms with Crippen molar-refractivity contribution in [1.29, 1.82) is 0 Å². The van der Waals surface area contributed by atoms with Crippen LogP contribution in [-0.2, 0) is 9.59 Å². The van der Waals surface area contributed by atoms with Gasteiger partial charge in [0.15, 0.2) is 0 Å². The summed E-state index contributed by atoms with van der Waals surface area (Å²) < 4.78 is 14.5. The molecule has 0 aliphatic carbocycles. The summed E-state index contributed by atoms with van der Waals surface area (Å²) in [5.74, 6) is -1.78. The third-order valence-electron chi connectivity index (χ3n) is 6.78. The molecule has 5 aromatic rings. The van der Waals surface area contributed by atoms with Crippen LogP contribution >= 0.6 is 11.8 Å². The molecule has 0 saturated heterocycles. The first-order valence-corrected chi connectivity index (χ1v) is 15.0. The van der Waals surface area contributed by atoms with Gasteiger partial charge in [0.05, 0.1) is 5.25 Å². The molecule has 3 N–H and O–H groups in total. The Morgan fingerprint density at radius 2 is 1.45 bits per heavy atom. The summed E-state index contributed by atoms with van der Waals surface area (Å²) in [5, 5.41) is 10.2. The molecule has 0 bridgehead atoms. The fourth-order valence-electron chi connectivity index (χ4n) is 4.51. The van der Waals surface area contributed by atoms with Crippen molar-refractivity contribution in [2.75, 3.05) is 10.6 Å². The van der Waals surface area contributed by atoms with Gasteiger partial charge < -0.3 is 16.0 Å². The number of carbonyl (C=O) groups is 3. The standard InChI is InChI=1S/C36H30FN3O3S/c1-2-33(36(43)39-29-20-19-24-11-6-7-14-26(24)21-29)44-30-17-10-16-28(23-30)38-35(42)32(22-27-15-8-9-18-31(27)37)40-34(41)25-12-4-3-5-13-25/h3-23,33H,2H2,1H3,(H,38,42)(H,39,43)(H,40,41)/b32-22-. The Balaban J connectivity index is 1.30. The second-order valence-corrected chi connectivity index (χ2v) is 11.2. The van der Waals surface area contributed by atoms with Crippen molar-refractivity contribution >= 4 is 57.7 Å². The van der Waals surface area contributed by atoms with E-state index >= 15 is 0 Å². The number of halogens is 1. The lowest BCUT2D eigenvalue weighted by Crippen LogP contribution is -2.30. The summed E-state index contributed by atoms with van der Waals surface area (Å²) in [7, 11) is 0. The average Bonchev–Trinajstić information content (AvgIpc) is 3.04. The molecule has 0 aliphatic heterocycles. The van der Waals surface area contributed by atoms with Gasteiger partial charge in [-0.1, -0.05) is 79.7 Å². The van der Waals surface area contributed by atoms with Crippen LogP contribution in [0.25, 0.3) is 16.8 Å². The SMILES string of the molecule is CCC(Sc1cccc(NC(=O)/C(=C/c2ccccc2F)NC(=O)c2ccccc2)c1)C(=O)Nc1ccc2ccccc2c1. The Morgan fingerprint density at radius 3 is 2.23 bits per heavy atom. The number of amides is 3. The minimum atomic E-state index is -0.624. The van der Waals surface area contributed by atoms with E-state index in [1.807, 2.05) is 55.5 Å². The van der Waals surface area contributed by atoms with Crippen LogP contribution in [0, 0.1) is 5.82 Å². The van der Waals surface area contributed by atoms with E-state index in [0.29, 0.717) is 17.7 Å². The van der Waals surface area contributed by atoms with Crippen molar-refractivity contribution in [2.24, 2.45) is 0 Å². The molecule has 0 radical (unpaired) electrons. The molecule has 0 aliphatic rings. The molecule has 0 heterocycles. The van der Waals surface area contributed by atoms with Crippen LogP contribution in [0.3, 0.4) is 0 Å². The third-order valence-corrected chi connectivity index (χ3v) is 8.14. The van der Waals surface area contributed by atoms with Crippen molar-refractivity contribution in [3.05, 3.63) is 144 Å². The zero-order valence-electron chi connectivity index (χ0n) is 23.9. The highest BCUT2D eigenvalue weighted by molar-refractivity contribution is 8.00. The highest BCUT2D eigenvalue weighted by Crippen LogP contribution is 2.29. The topological polar surface area (TPSA) is 87.3 Å². The predicted molar refractivity (Wildman–Crippen MR) is 176 cm³/mol. The molecular weight excluding hydrogens is 573 g/mol. The molecule has 0 fully saturated rings. The average molecular weight is 604 g/mol. The molecule has 6 nitrogen and oxygen atoms in total. The van der Waals surface area contributed by atoms with Crippen LogP contribution in [0.2, 0.25) is 0 Å². The molecule has 0 aromatic heterocycles. The highest BCUT2D eigenvalue weighted by atomic mass is 32.2. The molecule has 0 spiro atoms. The lowest BCUT2D eigenvalue weighted by molar-refractivity contribution is -0.116. The smallest absolute Gasteiger partial charge is 0.272 e. The Hall–Kier alpha value is -5.21. The number of nitrogens with one attached hydrogen (secondary N) is 3. The van der Waals surface area contributed by atoms with Crippen LogP contribution in [0.5, 0.6) is 0 Å². The van der Waals surface area contributed by atoms with Crippen molar-refractivity contribution < 1.29 is 18.8 Å². The summed E-state index contributed by atoms with van der Waals surface area (Å²) in [5.41, 5.74) is 1.56. The molecule has 5 rings (SSSR count). The lowest BCUT2D eigenvalue weighted by atomic mass is 10.1. The van der Waals surface area contributed by atoms with Crippen molar-refractivity contribution in [1.82, 2.24) is 5.32 Å². The minimum Gasteiger partial charge on any atom is -0.325 e. The fourth-order valence-corrected chi connectivity index (χ4v) is 5.53. The Morgan fingerprint density at radius 1 is 0.750 bits per heavy atom. The molecule has 8 heteroatoms.